The van der Waals surface area contributed by atoms with E-state index in [4.69, 9.17) is 0 Å². The van der Waals surface area contributed by atoms with Crippen LogP contribution in [-0.2, 0) is 9.53 Å². The lowest BCUT2D eigenvalue weighted by Gasteiger charge is -2.14. The molecule has 0 rings (SSSR count). The van der Waals surface area contributed by atoms with Gasteiger partial charge in [-0.1, -0.05) is 0 Å². The van der Waals surface area contributed by atoms with Gasteiger partial charge in [0.05, 0.1) is 6.42 Å². The molecule has 13 heavy (non-hydrogen) atoms. The van der Waals surface area contributed by atoms with E-state index in [0.29, 0.717) is 0 Å². The minimum atomic E-state index is -4.27. The zero-order chi connectivity index (χ0) is 10.5. The Morgan fingerprint density at radius 1 is 1.46 bits per heavy atom. The van der Waals surface area contributed by atoms with E-state index >= 15 is 0 Å². The summed E-state index contributed by atoms with van der Waals surface area (Å²) >= 11 is 3.63. The summed E-state index contributed by atoms with van der Waals surface area (Å²) in [4.78, 5) is 10.5. The topological polar surface area (TPSA) is 26.3 Å². The van der Waals surface area contributed by atoms with Gasteiger partial charge in [-0.3, -0.25) is 4.79 Å². The van der Waals surface area contributed by atoms with Crippen molar-refractivity contribution < 1.29 is 27.1 Å². The van der Waals surface area contributed by atoms with E-state index in [2.05, 4.69) is 17.4 Å². The smallest absolute Gasteiger partial charge is 0.340 e. The highest BCUT2D eigenvalue weighted by Crippen LogP contribution is 2.22. The maximum Gasteiger partial charge on any atom is 0.340 e. The Morgan fingerprint density at radius 2 is 2.00 bits per heavy atom. The fourth-order valence-electron chi connectivity index (χ4n) is 0.403. The van der Waals surface area contributed by atoms with E-state index in [0.717, 1.165) is 0 Å². The summed E-state index contributed by atoms with van der Waals surface area (Å²) in [6.07, 6.45) is -4.00. The lowest BCUT2D eigenvalue weighted by atomic mass is 10.4. The predicted octanol–water partition coefficient (Wildman–Crippen LogP) is 1.75. The van der Waals surface area contributed by atoms with Gasteiger partial charge in [-0.15, -0.1) is 0 Å². The predicted molar refractivity (Wildman–Crippen MR) is 40.4 cm³/mol. The number of thiol groups is 1. The molecule has 0 unspecified atom stereocenters. The summed E-state index contributed by atoms with van der Waals surface area (Å²) in [6, 6.07) is 0. The van der Waals surface area contributed by atoms with Gasteiger partial charge >= 0.3 is 18.3 Å². The zero-order valence-corrected chi connectivity index (χ0v) is 7.37. The minimum Gasteiger partial charge on any atom is -0.459 e. The van der Waals surface area contributed by atoms with Gasteiger partial charge in [0.25, 0.3) is 0 Å². The minimum absolute atomic E-state index is 0.124. The van der Waals surface area contributed by atoms with Gasteiger partial charge in [0.1, 0.15) is 0 Å². The number of alkyl halides is 4. The first-order chi connectivity index (χ1) is 5.90. The molecule has 0 amide bonds. The first-order valence-corrected chi connectivity index (χ1v) is 3.96. The molecule has 0 spiro atoms. The fourth-order valence-corrected chi connectivity index (χ4v) is 0.586. The second-order valence-electron chi connectivity index (χ2n) is 2.20. The summed E-state index contributed by atoms with van der Waals surface area (Å²) < 4.78 is 51.1. The van der Waals surface area contributed by atoms with E-state index in [1.807, 2.05) is 0 Å². The van der Waals surface area contributed by atoms with Crippen molar-refractivity contribution in [3.63, 3.8) is 0 Å². The van der Waals surface area contributed by atoms with Crippen LogP contribution in [0.25, 0.3) is 0 Å². The summed E-state index contributed by atoms with van der Waals surface area (Å²) in [6.45, 7) is -1.59. The molecule has 78 valence electrons. The van der Waals surface area contributed by atoms with E-state index in [9.17, 15) is 22.4 Å². The average molecular weight is 220 g/mol. The number of carbonyl (C=O) groups is 1. The monoisotopic (exact) mass is 220 g/mol. The van der Waals surface area contributed by atoms with Crippen LogP contribution in [-0.4, -0.2) is 30.7 Å². The van der Waals surface area contributed by atoms with Crippen LogP contribution in [0.1, 0.15) is 6.42 Å². The molecular formula is C6H8F4O2S. The summed E-state index contributed by atoms with van der Waals surface area (Å²) in [7, 11) is 0. The number of hydrogen-bond acceptors (Lipinski definition) is 3. The molecule has 0 aromatic rings. The highest BCUT2D eigenvalue weighted by Gasteiger charge is 2.42. The van der Waals surface area contributed by atoms with Crippen LogP contribution in [0.3, 0.4) is 0 Å². The van der Waals surface area contributed by atoms with Crippen LogP contribution in [0, 0.1) is 0 Å². The quantitative estimate of drug-likeness (QED) is 0.434. The van der Waals surface area contributed by atoms with Gasteiger partial charge in [-0.25, -0.2) is 8.78 Å². The molecule has 0 aliphatic rings. The van der Waals surface area contributed by atoms with Crippen molar-refractivity contribution >= 4 is 18.6 Å². The molecule has 0 aromatic heterocycles. The maximum atomic E-state index is 12.1. The highest BCUT2D eigenvalue weighted by molar-refractivity contribution is 7.80. The lowest BCUT2D eigenvalue weighted by molar-refractivity contribution is -0.179. The van der Waals surface area contributed by atoms with Gasteiger partial charge in [-0.2, -0.15) is 21.4 Å². The van der Waals surface area contributed by atoms with Crippen LogP contribution in [0.4, 0.5) is 17.6 Å². The Kier molecular flexibility index (Phi) is 5.12. The molecule has 0 fully saturated rings. The fraction of sp³-hybridized carbons (Fsp3) is 0.833. The Morgan fingerprint density at radius 3 is 2.38 bits per heavy atom. The van der Waals surface area contributed by atoms with E-state index in [1.54, 1.807) is 0 Å². The molecule has 0 N–H and O–H groups in total. The Balaban J connectivity index is 3.81. The number of esters is 1. The van der Waals surface area contributed by atoms with Crippen molar-refractivity contribution in [1.82, 2.24) is 0 Å². The van der Waals surface area contributed by atoms with Gasteiger partial charge in [0.15, 0.2) is 6.61 Å². The van der Waals surface area contributed by atoms with E-state index in [1.165, 1.54) is 0 Å². The molecule has 0 saturated carbocycles. The number of halogens is 4. The molecule has 0 bridgehead atoms. The van der Waals surface area contributed by atoms with Crippen LogP contribution in [0.2, 0.25) is 0 Å². The van der Waals surface area contributed by atoms with E-state index < -0.39 is 24.9 Å². The molecule has 0 aliphatic heterocycles. The molecule has 0 heterocycles. The van der Waals surface area contributed by atoms with Crippen LogP contribution in [0.15, 0.2) is 0 Å². The highest BCUT2D eigenvalue weighted by atomic mass is 32.1. The lowest BCUT2D eigenvalue weighted by Crippen LogP contribution is -2.33. The molecular weight excluding hydrogens is 212 g/mol. The second kappa shape index (κ2) is 5.31. The largest absolute Gasteiger partial charge is 0.459 e. The normalized spacial score (nSPS) is 11.8. The second-order valence-corrected chi connectivity index (χ2v) is 2.64. The van der Waals surface area contributed by atoms with Crippen molar-refractivity contribution in [3.05, 3.63) is 0 Å². The number of ether oxygens (including phenoxy) is 1. The molecule has 0 saturated heterocycles. The third kappa shape index (κ3) is 4.97. The third-order valence-corrected chi connectivity index (χ3v) is 1.28. The SMILES string of the molecule is O=C(CCS)OCC(F)(F)C(F)F. The van der Waals surface area contributed by atoms with Crippen molar-refractivity contribution in [2.45, 2.75) is 18.8 Å². The van der Waals surface area contributed by atoms with Crippen molar-refractivity contribution in [2.75, 3.05) is 12.4 Å². The van der Waals surface area contributed by atoms with Gasteiger partial charge in [0.2, 0.25) is 0 Å². The first-order valence-electron chi connectivity index (χ1n) is 3.32. The molecule has 0 aliphatic carbocycles. The standard InChI is InChI=1S/C6H8F4O2S/c7-5(8)6(9,10)3-12-4(11)1-2-13/h5,13H,1-3H2. The van der Waals surface area contributed by atoms with Crippen LogP contribution < -0.4 is 0 Å². The zero-order valence-electron chi connectivity index (χ0n) is 6.47. The Labute approximate surface area is 77.7 Å². The molecule has 2 nitrogen and oxygen atoms in total. The van der Waals surface area contributed by atoms with Crippen LogP contribution >= 0.6 is 12.6 Å². The Hall–Kier alpha value is -0.460. The van der Waals surface area contributed by atoms with Gasteiger partial charge in [-0.05, 0) is 0 Å². The Bertz CT molecular complexity index is 174. The van der Waals surface area contributed by atoms with Crippen molar-refractivity contribution in [1.29, 1.82) is 0 Å². The summed E-state index contributed by atoms with van der Waals surface area (Å²) in [5.74, 6) is -5.11. The number of rotatable bonds is 5. The van der Waals surface area contributed by atoms with Crippen molar-refractivity contribution in [3.8, 4) is 0 Å². The first kappa shape index (κ1) is 12.5. The van der Waals surface area contributed by atoms with Gasteiger partial charge < -0.3 is 4.74 Å². The molecule has 0 atom stereocenters. The van der Waals surface area contributed by atoms with E-state index in [-0.39, 0.29) is 12.2 Å². The third-order valence-electron chi connectivity index (χ3n) is 1.06. The number of hydrogen-bond donors (Lipinski definition) is 1. The van der Waals surface area contributed by atoms with Crippen LogP contribution in [0.5, 0.6) is 0 Å². The summed E-state index contributed by atoms with van der Waals surface area (Å²) in [5, 5.41) is 0. The molecule has 7 heteroatoms. The molecule has 0 radical (unpaired) electrons. The molecule has 0 aromatic carbocycles. The number of carbonyl (C=O) groups excluding carboxylic acids is 1. The average Bonchev–Trinajstić information content (AvgIpc) is 2.01. The maximum absolute atomic E-state index is 12.1. The van der Waals surface area contributed by atoms with Crippen molar-refractivity contribution in [2.24, 2.45) is 0 Å². The van der Waals surface area contributed by atoms with Gasteiger partial charge in [0, 0.05) is 5.75 Å². The summed E-state index contributed by atoms with van der Waals surface area (Å²) in [5.41, 5.74) is 0.